The Hall–Kier alpha value is -1.31. The molecule has 0 unspecified atom stereocenters. The van der Waals surface area contributed by atoms with Crippen LogP contribution in [-0.2, 0) is 14.8 Å². The first-order chi connectivity index (χ1) is 9.10. The van der Waals surface area contributed by atoms with Crippen LogP contribution in [0.2, 0.25) is 0 Å². The lowest BCUT2D eigenvalue weighted by Crippen LogP contribution is -2.32. The summed E-state index contributed by atoms with van der Waals surface area (Å²) < 4.78 is 30.4. The summed E-state index contributed by atoms with van der Waals surface area (Å²) in [7, 11) is 1.14. The highest BCUT2D eigenvalue weighted by Crippen LogP contribution is 2.24. The molecule has 0 aliphatic rings. The van der Waals surface area contributed by atoms with Gasteiger partial charge in [-0.3, -0.25) is 0 Å². The number of methoxy groups -OCH3 is 1. The van der Waals surface area contributed by atoms with E-state index in [1.807, 2.05) is 13.8 Å². The Balaban J connectivity index is 2.95. The number of ether oxygens (including phenoxy) is 1. The Bertz CT molecular complexity index is 568. The van der Waals surface area contributed by atoms with Crippen molar-refractivity contribution in [1.82, 2.24) is 4.31 Å². The van der Waals surface area contributed by atoms with Gasteiger partial charge in [-0.1, -0.05) is 0 Å². The van der Waals surface area contributed by atoms with Crippen molar-refractivity contribution in [2.45, 2.75) is 24.3 Å². The second-order valence-electron chi connectivity index (χ2n) is 5.35. The van der Waals surface area contributed by atoms with Gasteiger partial charge in [-0.05, 0) is 32.0 Å². The highest BCUT2D eigenvalue weighted by Gasteiger charge is 2.19. The van der Waals surface area contributed by atoms with Crippen molar-refractivity contribution < 1.29 is 13.2 Å². The van der Waals surface area contributed by atoms with E-state index in [9.17, 15) is 8.42 Å². The number of nitrogens with zero attached hydrogens (tertiary/aromatic N) is 1. The van der Waals surface area contributed by atoms with Gasteiger partial charge in [-0.2, -0.15) is 0 Å². The molecule has 1 aromatic carbocycles. The van der Waals surface area contributed by atoms with Crippen LogP contribution in [0.1, 0.15) is 13.8 Å². The van der Waals surface area contributed by atoms with E-state index in [4.69, 9.17) is 10.5 Å². The normalized spacial score (nSPS) is 12.7. The minimum absolute atomic E-state index is 0.177. The van der Waals surface area contributed by atoms with Gasteiger partial charge in [0.2, 0.25) is 10.0 Å². The summed E-state index contributed by atoms with van der Waals surface area (Å²) in [5, 5.41) is 3.15. The van der Waals surface area contributed by atoms with Crippen molar-refractivity contribution in [3.05, 3.63) is 18.2 Å². The lowest BCUT2D eigenvalue weighted by Gasteiger charge is -2.24. The first-order valence-corrected chi connectivity index (χ1v) is 7.65. The summed E-state index contributed by atoms with van der Waals surface area (Å²) in [6, 6.07) is 4.66. The van der Waals surface area contributed by atoms with E-state index < -0.39 is 10.0 Å². The van der Waals surface area contributed by atoms with E-state index in [1.165, 1.54) is 26.2 Å². The number of nitrogen functional groups attached to an aromatic ring is 1. The Kier molecular flexibility index (Phi) is 5.01. The maximum atomic E-state index is 12.0. The Morgan fingerprint density at radius 1 is 1.35 bits per heavy atom. The van der Waals surface area contributed by atoms with Crippen LogP contribution in [0.3, 0.4) is 0 Å². The summed E-state index contributed by atoms with van der Waals surface area (Å²) in [6.07, 6.45) is 0. The summed E-state index contributed by atoms with van der Waals surface area (Å²) in [6.45, 7) is 4.45. The van der Waals surface area contributed by atoms with E-state index >= 15 is 0 Å². The van der Waals surface area contributed by atoms with Crippen LogP contribution in [-0.4, -0.2) is 46.1 Å². The molecule has 0 radical (unpaired) electrons. The zero-order valence-electron chi connectivity index (χ0n) is 12.6. The summed E-state index contributed by atoms with van der Waals surface area (Å²) in [4.78, 5) is 0.177. The summed E-state index contributed by atoms with van der Waals surface area (Å²) in [5.74, 6) is 0. The number of sulfonamides is 1. The molecule has 0 saturated heterocycles. The van der Waals surface area contributed by atoms with E-state index in [0.717, 1.165) is 4.31 Å². The third-order valence-electron chi connectivity index (χ3n) is 3.06. The second-order valence-corrected chi connectivity index (χ2v) is 7.51. The number of nitrogens with two attached hydrogens (primary N) is 1. The second kappa shape index (κ2) is 5.99. The number of nitrogens with one attached hydrogen (secondary N) is 1. The molecule has 0 heterocycles. The molecule has 0 saturated carbocycles. The first-order valence-electron chi connectivity index (χ1n) is 6.21. The molecule has 1 rings (SSSR count). The largest absolute Gasteiger partial charge is 0.397 e. The average Bonchev–Trinajstić information content (AvgIpc) is 2.37. The van der Waals surface area contributed by atoms with Crippen molar-refractivity contribution in [3.63, 3.8) is 0 Å². The molecule has 0 atom stereocenters. The van der Waals surface area contributed by atoms with Gasteiger partial charge < -0.3 is 15.8 Å². The number of hydrogen-bond donors (Lipinski definition) is 2. The van der Waals surface area contributed by atoms with Crippen molar-refractivity contribution in [3.8, 4) is 0 Å². The summed E-state index contributed by atoms with van der Waals surface area (Å²) in [5.41, 5.74) is 6.65. The molecule has 3 N–H and O–H groups in total. The van der Waals surface area contributed by atoms with Crippen LogP contribution >= 0.6 is 0 Å². The fraction of sp³-hybridized carbons (Fsp3) is 0.538. The van der Waals surface area contributed by atoms with E-state index in [1.54, 1.807) is 13.2 Å². The number of anilines is 2. The molecule has 1 aromatic rings. The molecular formula is C13H23N3O3S. The first kappa shape index (κ1) is 16.7. The molecule has 20 heavy (non-hydrogen) atoms. The maximum absolute atomic E-state index is 12.0. The SMILES string of the molecule is COC(C)(C)CNc1ccc(S(=O)(=O)N(C)C)cc1N. The highest BCUT2D eigenvalue weighted by molar-refractivity contribution is 7.89. The minimum Gasteiger partial charge on any atom is -0.397 e. The fourth-order valence-corrected chi connectivity index (χ4v) is 2.39. The maximum Gasteiger partial charge on any atom is 0.242 e. The third kappa shape index (κ3) is 3.84. The van der Waals surface area contributed by atoms with E-state index in [2.05, 4.69) is 5.32 Å². The van der Waals surface area contributed by atoms with Gasteiger partial charge in [0, 0.05) is 27.7 Å². The van der Waals surface area contributed by atoms with Crippen LogP contribution in [0.25, 0.3) is 0 Å². The molecule has 0 spiro atoms. The van der Waals surface area contributed by atoms with Crippen molar-refractivity contribution in [2.24, 2.45) is 0 Å². The van der Waals surface area contributed by atoms with Gasteiger partial charge >= 0.3 is 0 Å². The minimum atomic E-state index is -3.46. The molecule has 0 aliphatic heterocycles. The zero-order valence-corrected chi connectivity index (χ0v) is 13.4. The molecular weight excluding hydrogens is 278 g/mol. The molecule has 6 nitrogen and oxygen atoms in total. The van der Waals surface area contributed by atoms with Crippen LogP contribution in [0.4, 0.5) is 11.4 Å². The Morgan fingerprint density at radius 2 is 1.95 bits per heavy atom. The van der Waals surface area contributed by atoms with Gasteiger partial charge in [0.25, 0.3) is 0 Å². The van der Waals surface area contributed by atoms with Gasteiger partial charge in [0.15, 0.2) is 0 Å². The van der Waals surface area contributed by atoms with Gasteiger partial charge in [0.1, 0.15) is 0 Å². The van der Waals surface area contributed by atoms with Crippen molar-refractivity contribution in [2.75, 3.05) is 38.8 Å². The zero-order chi connectivity index (χ0) is 15.6. The number of benzene rings is 1. The monoisotopic (exact) mass is 301 g/mol. The highest BCUT2D eigenvalue weighted by atomic mass is 32.2. The molecule has 0 aliphatic carbocycles. The van der Waals surface area contributed by atoms with E-state index in [-0.39, 0.29) is 10.5 Å². The molecule has 0 aromatic heterocycles. The smallest absolute Gasteiger partial charge is 0.242 e. The van der Waals surface area contributed by atoms with E-state index in [0.29, 0.717) is 17.9 Å². The van der Waals surface area contributed by atoms with Crippen LogP contribution in [0.5, 0.6) is 0 Å². The lowest BCUT2D eigenvalue weighted by atomic mass is 10.1. The molecule has 0 fully saturated rings. The fourth-order valence-electron chi connectivity index (χ4n) is 1.45. The van der Waals surface area contributed by atoms with Gasteiger partial charge in [0.05, 0.1) is 21.9 Å². The molecule has 0 bridgehead atoms. The quantitative estimate of drug-likeness (QED) is 0.775. The molecule has 0 amide bonds. The van der Waals surface area contributed by atoms with Crippen LogP contribution < -0.4 is 11.1 Å². The lowest BCUT2D eigenvalue weighted by molar-refractivity contribution is 0.0344. The standard InChI is InChI=1S/C13H23N3O3S/c1-13(2,19-5)9-15-12-7-6-10(8-11(12)14)20(17,18)16(3)4/h6-8,15H,9,14H2,1-5H3. The predicted molar refractivity (Wildman–Crippen MR) is 81.3 cm³/mol. The number of hydrogen-bond acceptors (Lipinski definition) is 5. The Labute approximate surface area is 121 Å². The third-order valence-corrected chi connectivity index (χ3v) is 4.87. The average molecular weight is 301 g/mol. The van der Waals surface area contributed by atoms with Crippen LogP contribution in [0, 0.1) is 0 Å². The van der Waals surface area contributed by atoms with Crippen LogP contribution in [0.15, 0.2) is 23.1 Å². The number of rotatable bonds is 6. The molecule has 7 heteroatoms. The molecule has 114 valence electrons. The van der Waals surface area contributed by atoms with Crippen molar-refractivity contribution in [1.29, 1.82) is 0 Å². The summed E-state index contributed by atoms with van der Waals surface area (Å²) >= 11 is 0. The van der Waals surface area contributed by atoms with Crippen molar-refractivity contribution >= 4 is 21.4 Å². The topological polar surface area (TPSA) is 84.7 Å². The van der Waals surface area contributed by atoms with Gasteiger partial charge in [-0.15, -0.1) is 0 Å². The predicted octanol–water partition coefficient (Wildman–Crippen LogP) is 1.36. The Morgan fingerprint density at radius 3 is 2.40 bits per heavy atom. The van der Waals surface area contributed by atoms with Gasteiger partial charge in [-0.25, -0.2) is 12.7 Å².